The number of aromatic nitrogens is 1. The largest absolute Gasteiger partial charge is 0.354 e. The molecular formula is C20H13N5O. The molecule has 6 heteroatoms. The van der Waals surface area contributed by atoms with Crippen molar-refractivity contribution in [2.45, 2.75) is 0 Å². The molecule has 0 unspecified atom stereocenters. The van der Waals surface area contributed by atoms with Gasteiger partial charge in [-0.05, 0) is 48.5 Å². The minimum absolute atomic E-state index is 0.230. The zero-order valence-corrected chi connectivity index (χ0v) is 13.6. The Bertz CT molecular complexity index is 1030. The molecule has 26 heavy (non-hydrogen) atoms. The number of anilines is 3. The van der Waals surface area contributed by atoms with Crippen LogP contribution >= 0.6 is 0 Å². The van der Waals surface area contributed by atoms with Gasteiger partial charge in [0, 0.05) is 17.6 Å². The molecule has 3 rings (SSSR count). The van der Waals surface area contributed by atoms with Gasteiger partial charge in [0.05, 0.1) is 22.9 Å². The molecule has 0 spiro atoms. The molecule has 0 aliphatic rings. The average Bonchev–Trinajstić information content (AvgIpc) is 2.69. The number of nitrogens with one attached hydrogen (secondary N) is 2. The molecule has 0 saturated heterocycles. The second-order valence-corrected chi connectivity index (χ2v) is 5.36. The summed E-state index contributed by atoms with van der Waals surface area (Å²) in [6.45, 7) is 0. The number of pyridine rings is 1. The lowest BCUT2D eigenvalue weighted by Gasteiger charge is -2.09. The van der Waals surface area contributed by atoms with Crippen molar-refractivity contribution in [2.75, 3.05) is 10.6 Å². The fourth-order valence-corrected chi connectivity index (χ4v) is 2.30. The van der Waals surface area contributed by atoms with Crippen LogP contribution in [0.25, 0.3) is 0 Å². The monoisotopic (exact) mass is 339 g/mol. The van der Waals surface area contributed by atoms with Crippen molar-refractivity contribution in [3.63, 3.8) is 0 Å². The van der Waals surface area contributed by atoms with Crippen LogP contribution in [-0.4, -0.2) is 10.9 Å². The maximum Gasteiger partial charge on any atom is 0.274 e. The molecule has 3 aromatic rings. The van der Waals surface area contributed by atoms with Gasteiger partial charge in [-0.25, -0.2) is 0 Å². The Morgan fingerprint density at radius 3 is 2.42 bits per heavy atom. The van der Waals surface area contributed by atoms with E-state index in [0.29, 0.717) is 28.2 Å². The van der Waals surface area contributed by atoms with E-state index in [9.17, 15) is 4.79 Å². The number of rotatable bonds is 4. The van der Waals surface area contributed by atoms with Gasteiger partial charge in [0.1, 0.15) is 11.8 Å². The summed E-state index contributed by atoms with van der Waals surface area (Å²) >= 11 is 0. The smallest absolute Gasteiger partial charge is 0.274 e. The van der Waals surface area contributed by atoms with Crippen molar-refractivity contribution in [3.05, 3.63) is 83.7 Å². The van der Waals surface area contributed by atoms with Crippen molar-refractivity contribution in [1.29, 1.82) is 10.5 Å². The number of benzene rings is 2. The number of carbonyl (C=O) groups excluding carboxylic acids is 1. The van der Waals surface area contributed by atoms with Crippen molar-refractivity contribution >= 4 is 23.0 Å². The Balaban J connectivity index is 1.77. The van der Waals surface area contributed by atoms with E-state index < -0.39 is 0 Å². The van der Waals surface area contributed by atoms with Crippen LogP contribution in [0.4, 0.5) is 17.1 Å². The first-order chi connectivity index (χ1) is 12.7. The zero-order chi connectivity index (χ0) is 18.4. The van der Waals surface area contributed by atoms with Crippen LogP contribution in [0, 0.1) is 22.7 Å². The van der Waals surface area contributed by atoms with Crippen molar-refractivity contribution in [1.82, 2.24) is 4.98 Å². The standard InChI is InChI=1S/C20H13N5O/c21-12-14-5-7-16(8-6-14)25-20(26)19-11-17(9-10-23-19)24-18-4-2-1-3-15(18)13-22/h1-11H,(H,23,24)(H,25,26). The normalized spacial score (nSPS) is 9.62. The highest BCUT2D eigenvalue weighted by Gasteiger charge is 2.09. The Labute approximate surface area is 150 Å². The fraction of sp³-hybridized carbons (Fsp3) is 0. The number of nitrogens with zero attached hydrogens (tertiary/aromatic N) is 3. The summed E-state index contributed by atoms with van der Waals surface area (Å²) < 4.78 is 0. The van der Waals surface area contributed by atoms with Crippen molar-refractivity contribution in [3.8, 4) is 12.1 Å². The molecule has 0 aliphatic carbocycles. The van der Waals surface area contributed by atoms with Gasteiger partial charge in [-0.2, -0.15) is 10.5 Å². The molecule has 2 aromatic carbocycles. The molecule has 124 valence electrons. The van der Waals surface area contributed by atoms with Gasteiger partial charge in [-0.15, -0.1) is 0 Å². The van der Waals surface area contributed by atoms with E-state index >= 15 is 0 Å². The summed E-state index contributed by atoms with van der Waals surface area (Å²) in [6.07, 6.45) is 1.52. The Kier molecular flexibility index (Phi) is 4.88. The minimum atomic E-state index is -0.369. The molecule has 0 saturated carbocycles. The number of hydrogen-bond acceptors (Lipinski definition) is 5. The predicted octanol–water partition coefficient (Wildman–Crippen LogP) is 3.82. The van der Waals surface area contributed by atoms with Crippen LogP contribution in [0.1, 0.15) is 21.6 Å². The van der Waals surface area contributed by atoms with Gasteiger partial charge in [-0.3, -0.25) is 9.78 Å². The number of carbonyl (C=O) groups is 1. The fourth-order valence-electron chi connectivity index (χ4n) is 2.30. The van der Waals surface area contributed by atoms with Gasteiger partial charge in [0.15, 0.2) is 0 Å². The predicted molar refractivity (Wildman–Crippen MR) is 97.8 cm³/mol. The second-order valence-electron chi connectivity index (χ2n) is 5.36. The summed E-state index contributed by atoms with van der Waals surface area (Å²) in [6, 6.07) is 21.1. The Morgan fingerprint density at radius 1 is 0.923 bits per heavy atom. The molecule has 0 aliphatic heterocycles. The molecule has 1 amide bonds. The van der Waals surface area contributed by atoms with Crippen LogP contribution < -0.4 is 10.6 Å². The van der Waals surface area contributed by atoms with Crippen molar-refractivity contribution < 1.29 is 4.79 Å². The molecule has 0 fully saturated rings. The number of para-hydroxylation sites is 1. The number of nitriles is 2. The van der Waals surface area contributed by atoms with Crippen LogP contribution in [0.5, 0.6) is 0 Å². The minimum Gasteiger partial charge on any atom is -0.354 e. The van der Waals surface area contributed by atoms with Crippen LogP contribution in [0.2, 0.25) is 0 Å². The molecule has 0 bridgehead atoms. The van der Waals surface area contributed by atoms with Gasteiger partial charge in [-0.1, -0.05) is 12.1 Å². The van der Waals surface area contributed by atoms with E-state index in [1.807, 2.05) is 12.1 Å². The molecule has 6 nitrogen and oxygen atoms in total. The average molecular weight is 339 g/mol. The quantitative estimate of drug-likeness (QED) is 0.752. The summed E-state index contributed by atoms with van der Waals surface area (Å²) in [5.74, 6) is -0.369. The van der Waals surface area contributed by atoms with Gasteiger partial charge in [0.25, 0.3) is 5.91 Å². The maximum atomic E-state index is 12.4. The third-order valence-corrected chi connectivity index (χ3v) is 3.59. The highest BCUT2D eigenvalue weighted by molar-refractivity contribution is 6.03. The van der Waals surface area contributed by atoms with Crippen LogP contribution in [-0.2, 0) is 0 Å². The first-order valence-electron chi connectivity index (χ1n) is 7.73. The Morgan fingerprint density at radius 2 is 1.69 bits per heavy atom. The SMILES string of the molecule is N#Cc1ccc(NC(=O)c2cc(Nc3ccccc3C#N)ccn2)cc1. The van der Waals surface area contributed by atoms with Gasteiger partial charge in [0.2, 0.25) is 0 Å². The van der Waals surface area contributed by atoms with E-state index in [1.165, 1.54) is 6.20 Å². The van der Waals surface area contributed by atoms with E-state index in [0.717, 1.165) is 0 Å². The lowest BCUT2D eigenvalue weighted by Crippen LogP contribution is -2.13. The number of amides is 1. The highest BCUT2D eigenvalue weighted by atomic mass is 16.1. The highest BCUT2D eigenvalue weighted by Crippen LogP contribution is 2.20. The lowest BCUT2D eigenvalue weighted by atomic mass is 10.2. The summed E-state index contributed by atoms with van der Waals surface area (Å²) in [7, 11) is 0. The molecule has 2 N–H and O–H groups in total. The topological polar surface area (TPSA) is 102 Å². The first kappa shape index (κ1) is 16.7. The summed E-state index contributed by atoms with van der Waals surface area (Å²) in [4.78, 5) is 16.5. The van der Waals surface area contributed by atoms with E-state index in [4.69, 9.17) is 10.5 Å². The van der Waals surface area contributed by atoms with Gasteiger partial charge < -0.3 is 10.6 Å². The molecule has 0 radical (unpaired) electrons. The van der Waals surface area contributed by atoms with Crippen LogP contribution in [0.15, 0.2) is 66.9 Å². The lowest BCUT2D eigenvalue weighted by molar-refractivity contribution is 0.102. The van der Waals surface area contributed by atoms with E-state index in [2.05, 4.69) is 21.7 Å². The number of hydrogen-bond donors (Lipinski definition) is 2. The molecular weight excluding hydrogens is 326 g/mol. The zero-order valence-electron chi connectivity index (χ0n) is 13.6. The molecule has 0 atom stereocenters. The molecule has 1 heterocycles. The summed E-state index contributed by atoms with van der Waals surface area (Å²) in [5.41, 5.74) is 3.13. The molecule has 1 aromatic heterocycles. The van der Waals surface area contributed by atoms with Gasteiger partial charge >= 0.3 is 0 Å². The second kappa shape index (κ2) is 7.61. The van der Waals surface area contributed by atoms with E-state index in [1.54, 1.807) is 54.6 Å². The van der Waals surface area contributed by atoms with Crippen LogP contribution in [0.3, 0.4) is 0 Å². The third kappa shape index (κ3) is 3.84. The maximum absolute atomic E-state index is 12.4. The first-order valence-corrected chi connectivity index (χ1v) is 7.73. The van der Waals surface area contributed by atoms with Crippen molar-refractivity contribution in [2.24, 2.45) is 0 Å². The summed E-state index contributed by atoms with van der Waals surface area (Å²) in [5, 5.41) is 23.8. The van der Waals surface area contributed by atoms with E-state index in [-0.39, 0.29) is 11.6 Å². The third-order valence-electron chi connectivity index (χ3n) is 3.59. The Hall–Kier alpha value is -4.16.